The van der Waals surface area contributed by atoms with Crippen molar-refractivity contribution in [2.75, 3.05) is 32.7 Å². The predicted octanol–water partition coefficient (Wildman–Crippen LogP) is 0.207. The molecule has 1 N–H and O–H groups in total. The van der Waals surface area contributed by atoms with Crippen molar-refractivity contribution in [1.82, 2.24) is 24.9 Å². The highest BCUT2D eigenvalue weighted by atomic mass is 16.2. The molecule has 0 aliphatic carbocycles. The van der Waals surface area contributed by atoms with Gasteiger partial charge in [0, 0.05) is 64.0 Å². The maximum Gasteiger partial charge on any atom is 0.230 e. The second-order valence-corrected chi connectivity index (χ2v) is 7.36. The highest BCUT2D eigenvalue weighted by Crippen LogP contribution is 2.28. The van der Waals surface area contributed by atoms with E-state index in [9.17, 15) is 9.59 Å². The minimum atomic E-state index is -0.574. The molecule has 1 unspecified atom stereocenters. The maximum absolute atomic E-state index is 12.7. The summed E-state index contributed by atoms with van der Waals surface area (Å²) >= 11 is 0. The number of nitrogens with zero attached hydrogens (tertiary/aromatic N) is 4. The summed E-state index contributed by atoms with van der Waals surface area (Å²) in [4.78, 5) is 28.5. The summed E-state index contributed by atoms with van der Waals surface area (Å²) in [5, 5.41) is 7.25. The van der Waals surface area contributed by atoms with E-state index in [1.54, 1.807) is 0 Å². The highest BCUT2D eigenvalue weighted by Gasteiger charge is 2.43. The third-order valence-corrected chi connectivity index (χ3v) is 5.44. The van der Waals surface area contributed by atoms with Gasteiger partial charge in [-0.05, 0) is 20.8 Å². The first-order valence-electron chi connectivity index (χ1n) is 8.58. The second-order valence-electron chi connectivity index (χ2n) is 7.36. The molecule has 1 aromatic heterocycles. The molecule has 3 heterocycles. The van der Waals surface area contributed by atoms with E-state index in [4.69, 9.17) is 0 Å². The number of nitrogens with one attached hydrogen (secondary N) is 1. The molecule has 2 aliphatic heterocycles. The maximum atomic E-state index is 12.7. The Hall–Kier alpha value is -1.89. The van der Waals surface area contributed by atoms with Crippen LogP contribution in [0.3, 0.4) is 0 Å². The Morgan fingerprint density at radius 3 is 2.42 bits per heavy atom. The van der Waals surface area contributed by atoms with E-state index in [0.29, 0.717) is 13.0 Å². The van der Waals surface area contributed by atoms with Crippen molar-refractivity contribution in [1.29, 1.82) is 0 Å². The largest absolute Gasteiger partial charge is 0.355 e. The fourth-order valence-electron chi connectivity index (χ4n) is 3.68. The minimum Gasteiger partial charge on any atom is -0.355 e. The van der Waals surface area contributed by atoms with Crippen molar-refractivity contribution in [3.63, 3.8) is 0 Å². The molecular weight excluding hydrogens is 306 g/mol. The Morgan fingerprint density at radius 2 is 1.92 bits per heavy atom. The third kappa shape index (κ3) is 3.05. The predicted molar refractivity (Wildman–Crippen MR) is 90.3 cm³/mol. The molecule has 0 radical (unpaired) electrons. The molecule has 1 aromatic rings. The smallest absolute Gasteiger partial charge is 0.230 e. The van der Waals surface area contributed by atoms with Gasteiger partial charge in [-0.2, -0.15) is 5.10 Å². The van der Waals surface area contributed by atoms with Crippen molar-refractivity contribution in [2.45, 2.75) is 33.7 Å². The van der Waals surface area contributed by atoms with Gasteiger partial charge in [0.25, 0.3) is 0 Å². The zero-order chi connectivity index (χ0) is 17.5. The van der Waals surface area contributed by atoms with Crippen LogP contribution < -0.4 is 5.32 Å². The van der Waals surface area contributed by atoms with Crippen molar-refractivity contribution < 1.29 is 9.59 Å². The number of rotatable bonds is 3. The number of aromatic nitrogens is 2. The van der Waals surface area contributed by atoms with E-state index in [0.717, 1.165) is 38.4 Å². The van der Waals surface area contributed by atoms with Crippen molar-refractivity contribution in [2.24, 2.45) is 12.5 Å². The number of carbonyl (C=O) groups is 2. The Morgan fingerprint density at radius 1 is 1.25 bits per heavy atom. The monoisotopic (exact) mass is 333 g/mol. The fourth-order valence-corrected chi connectivity index (χ4v) is 3.68. The van der Waals surface area contributed by atoms with Gasteiger partial charge in [-0.1, -0.05) is 0 Å². The zero-order valence-corrected chi connectivity index (χ0v) is 15.1. The van der Waals surface area contributed by atoms with E-state index < -0.39 is 5.41 Å². The Labute approximate surface area is 143 Å². The van der Waals surface area contributed by atoms with E-state index in [-0.39, 0.29) is 11.8 Å². The molecule has 0 spiro atoms. The Balaban J connectivity index is 1.58. The van der Waals surface area contributed by atoms with Crippen LogP contribution in [-0.2, 0) is 23.2 Å². The molecule has 7 heteroatoms. The number of hydrogen-bond donors (Lipinski definition) is 1. The van der Waals surface area contributed by atoms with Crippen LogP contribution in [0.1, 0.15) is 30.3 Å². The quantitative estimate of drug-likeness (QED) is 0.858. The molecule has 1 atom stereocenters. The molecule has 0 bridgehead atoms. The van der Waals surface area contributed by atoms with E-state index in [1.807, 2.05) is 30.5 Å². The molecule has 0 aromatic carbocycles. The first kappa shape index (κ1) is 17.0. The molecular formula is C17H27N5O2. The lowest BCUT2D eigenvalue weighted by molar-refractivity contribution is -0.143. The summed E-state index contributed by atoms with van der Waals surface area (Å²) in [5.74, 6) is 0.0845. The summed E-state index contributed by atoms with van der Waals surface area (Å²) in [7, 11) is 1.97. The number of piperazine rings is 1. The van der Waals surface area contributed by atoms with Gasteiger partial charge in [-0.25, -0.2) is 0 Å². The van der Waals surface area contributed by atoms with Gasteiger partial charge in [-0.3, -0.25) is 19.2 Å². The summed E-state index contributed by atoms with van der Waals surface area (Å²) in [6.45, 7) is 10.5. The van der Waals surface area contributed by atoms with Crippen LogP contribution in [0.15, 0.2) is 0 Å². The van der Waals surface area contributed by atoms with Crippen LogP contribution in [0.25, 0.3) is 0 Å². The van der Waals surface area contributed by atoms with Crippen molar-refractivity contribution >= 4 is 11.8 Å². The topological polar surface area (TPSA) is 70.5 Å². The number of carbonyl (C=O) groups excluding carboxylic acids is 2. The normalized spacial score (nSPS) is 25.2. The van der Waals surface area contributed by atoms with Gasteiger partial charge >= 0.3 is 0 Å². The lowest BCUT2D eigenvalue weighted by Crippen LogP contribution is -2.52. The van der Waals surface area contributed by atoms with E-state index >= 15 is 0 Å². The van der Waals surface area contributed by atoms with Gasteiger partial charge in [0.2, 0.25) is 11.8 Å². The van der Waals surface area contributed by atoms with Crippen LogP contribution in [0, 0.1) is 19.3 Å². The summed E-state index contributed by atoms with van der Waals surface area (Å²) in [6.07, 6.45) is 0.306. The van der Waals surface area contributed by atoms with Crippen molar-refractivity contribution in [3.8, 4) is 0 Å². The SMILES string of the molecule is Cc1nn(C)c(C)c1CN1CCN(C(=O)C2(C)CNC(=O)C2)CC1. The number of hydrogen-bond acceptors (Lipinski definition) is 4. The molecule has 0 saturated carbocycles. The van der Waals surface area contributed by atoms with Crippen LogP contribution in [0.2, 0.25) is 0 Å². The Bertz CT molecular complexity index is 660. The van der Waals surface area contributed by atoms with Gasteiger partial charge in [0.15, 0.2) is 0 Å². The van der Waals surface area contributed by atoms with E-state index in [2.05, 4.69) is 22.2 Å². The van der Waals surface area contributed by atoms with Crippen LogP contribution in [-0.4, -0.2) is 64.1 Å². The molecule has 24 heavy (non-hydrogen) atoms. The summed E-state index contributed by atoms with van der Waals surface area (Å²) < 4.78 is 1.93. The fraction of sp³-hybridized carbons (Fsp3) is 0.706. The summed E-state index contributed by atoms with van der Waals surface area (Å²) in [5.41, 5.74) is 3.00. The number of aryl methyl sites for hydroxylation is 2. The van der Waals surface area contributed by atoms with E-state index in [1.165, 1.54) is 11.3 Å². The van der Waals surface area contributed by atoms with Gasteiger partial charge in [-0.15, -0.1) is 0 Å². The van der Waals surface area contributed by atoms with Crippen molar-refractivity contribution in [3.05, 3.63) is 17.0 Å². The second kappa shape index (κ2) is 6.20. The van der Waals surface area contributed by atoms with Gasteiger partial charge in [0.05, 0.1) is 11.1 Å². The van der Waals surface area contributed by atoms with Gasteiger partial charge in [0.1, 0.15) is 0 Å². The number of amides is 2. The lowest BCUT2D eigenvalue weighted by atomic mass is 9.87. The molecule has 2 aliphatic rings. The molecule has 2 amide bonds. The molecule has 7 nitrogen and oxygen atoms in total. The first-order chi connectivity index (χ1) is 11.3. The minimum absolute atomic E-state index is 0.0213. The first-order valence-corrected chi connectivity index (χ1v) is 8.58. The Kier molecular flexibility index (Phi) is 4.38. The zero-order valence-electron chi connectivity index (χ0n) is 15.1. The lowest BCUT2D eigenvalue weighted by Gasteiger charge is -2.38. The van der Waals surface area contributed by atoms with Crippen LogP contribution in [0.4, 0.5) is 0 Å². The molecule has 132 valence electrons. The third-order valence-electron chi connectivity index (χ3n) is 5.44. The standard InChI is InChI=1S/C17H27N5O2/c1-12-14(13(2)20(4)19-12)10-21-5-7-22(8-6-21)16(24)17(3)9-15(23)18-11-17/h5-11H2,1-4H3,(H,18,23). The summed E-state index contributed by atoms with van der Waals surface area (Å²) in [6, 6.07) is 0. The molecule has 3 rings (SSSR count). The average molecular weight is 333 g/mol. The molecule has 2 saturated heterocycles. The van der Waals surface area contributed by atoms with Crippen LogP contribution in [0.5, 0.6) is 0 Å². The highest BCUT2D eigenvalue weighted by molar-refractivity contribution is 5.92. The van der Waals surface area contributed by atoms with Crippen LogP contribution >= 0.6 is 0 Å². The average Bonchev–Trinajstić information content (AvgIpc) is 3.02. The molecule has 2 fully saturated rings. The van der Waals surface area contributed by atoms with Gasteiger partial charge < -0.3 is 10.2 Å².